The number of hydrogen-bond acceptors (Lipinski definition) is 4. The molecule has 0 aromatic carbocycles. The van der Waals surface area contributed by atoms with Crippen molar-refractivity contribution in [2.75, 3.05) is 6.61 Å². The van der Waals surface area contributed by atoms with Crippen molar-refractivity contribution in [3.8, 4) is 0 Å². The monoisotopic (exact) mass is 292 g/mol. The van der Waals surface area contributed by atoms with Crippen molar-refractivity contribution in [3.63, 3.8) is 0 Å². The molecule has 0 N–H and O–H groups in total. The normalized spacial score (nSPS) is 12.3. The van der Waals surface area contributed by atoms with Crippen LogP contribution < -0.4 is 0 Å². The molecular weight excluding hydrogens is 277 g/mol. The van der Waals surface area contributed by atoms with Crippen LogP contribution in [0.5, 0.6) is 0 Å². The van der Waals surface area contributed by atoms with Gasteiger partial charge >= 0.3 is 12.1 Å². The first kappa shape index (κ1) is 16.2. The molecule has 0 unspecified atom stereocenters. The van der Waals surface area contributed by atoms with Gasteiger partial charge in [0.15, 0.2) is 11.5 Å². The molecule has 1 rings (SSSR count). The first-order chi connectivity index (χ1) is 9.09. The minimum Gasteiger partial charge on any atom is -0.465 e. The molecule has 0 spiro atoms. The summed E-state index contributed by atoms with van der Waals surface area (Å²) in [6.07, 6.45) is -3.52. The van der Waals surface area contributed by atoms with Gasteiger partial charge in [-0.15, -0.1) is 0 Å². The van der Waals surface area contributed by atoms with E-state index in [0.29, 0.717) is 0 Å². The zero-order valence-electron chi connectivity index (χ0n) is 11.3. The van der Waals surface area contributed by atoms with E-state index in [-0.39, 0.29) is 6.61 Å². The number of rotatable bonds is 5. The van der Waals surface area contributed by atoms with Gasteiger partial charge in [-0.1, -0.05) is 0 Å². The fourth-order valence-electron chi connectivity index (χ4n) is 1.37. The molecule has 8 heteroatoms. The minimum atomic E-state index is -4.56. The molecule has 1 aromatic heterocycles. The summed E-state index contributed by atoms with van der Waals surface area (Å²) in [4.78, 5) is 23.6. The molecule has 0 aliphatic heterocycles. The SMILES string of the molecule is CCOC(=O)C(C)(C)C(=O)Cn1ccc(C(F)(F)F)n1. The molecular formula is C12H15F3N2O3. The number of hydrogen-bond donors (Lipinski definition) is 0. The molecule has 112 valence electrons. The molecule has 0 amide bonds. The van der Waals surface area contributed by atoms with Crippen molar-refractivity contribution < 1.29 is 27.5 Å². The third kappa shape index (κ3) is 3.58. The highest BCUT2D eigenvalue weighted by Crippen LogP contribution is 2.27. The average Bonchev–Trinajstić information content (AvgIpc) is 2.77. The molecule has 1 aromatic rings. The molecule has 0 bridgehead atoms. The van der Waals surface area contributed by atoms with Gasteiger partial charge < -0.3 is 4.74 Å². The highest BCUT2D eigenvalue weighted by molar-refractivity contribution is 6.02. The highest BCUT2D eigenvalue weighted by atomic mass is 19.4. The largest absolute Gasteiger partial charge is 0.465 e. The number of esters is 1. The Morgan fingerprint density at radius 1 is 1.35 bits per heavy atom. The van der Waals surface area contributed by atoms with E-state index in [2.05, 4.69) is 5.10 Å². The second-order valence-corrected chi connectivity index (χ2v) is 4.66. The molecule has 20 heavy (non-hydrogen) atoms. The number of aromatic nitrogens is 2. The summed E-state index contributed by atoms with van der Waals surface area (Å²) in [6, 6.07) is 0.768. The first-order valence-electron chi connectivity index (χ1n) is 5.90. The van der Waals surface area contributed by atoms with Gasteiger partial charge in [-0.05, 0) is 26.8 Å². The minimum absolute atomic E-state index is 0.121. The quantitative estimate of drug-likeness (QED) is 0.615. The van der Waals surface area contributed by atoms with Crippen LogP contribution in [0.15, 0.2) is 12.3 Å². The lowest BCUT2D eigenvalue weighted by Gasteiger charge is -2.20. The van der Waals surface area contributed by atoms with Gasteiger partial charge in [0.05, 0.1) is 6.61 Å². The summed E-state index contributed by atoms with van der Waals surface area (Å²) in [5, 5.41) is 3.26. The Balaban J connectivity index is 2.80. The number of carbonyl (C=O) groups excluding carboxylic acids is 2. The Morgan fingerprint density at radius 2 is 1.95 bits per heavy atom. The smallest absolute Gasteiger partial charge is 0.435 e. The van der Waals surface area contributed by atoms with Crippen molar-refractivity contribution in [1.29, 1.82) is 0 Å². The van der Waals surface area contributed by atoms with Crippen LogP contribution in [0.25, 0.3) is 0 Å². The van der Waals surface area contributed by atoms with E-state index in [1.807, 2.05) is 0 Å². The van der Waals surface area contributed by atoms with Gasteiger partial charge in [-0.2, -0.15) is 18.3 Å². The summed E-state index contributed by atoms with van der Waals surface area (Å²) in [7, 11) is 0. The number of alkyl halides is 3. The fraction of sp³-hybridized carbons (Fsp3) is 0.583. The third-order valence-corrected chi connectivity index (χ3v) is 2.72. The van der Waals surface area contributed by atoms with Gasteiger partial charge in [0.2, 0.25) is 0 Å². The maximum Gasteiger partial charge on any atom is 0.435 e. The number of nitrogens with zero attached hydrogens (tertiary/aromatic N) is 2. The van der Waals surface area contributed by atoms with Gasteiger partial charge in [0.25, 0.3) is 0 Å². The maximum absolute atomic E-state index is 12.4. The first-order valence-corrected chi connectivity index (χ1v) is 5.90. The van der Waals surface area contributed by atoms with Crippen LogP contribution in [-0.4, -0.2) is 28.1 Å². The molecule has 0 saturated carbocycles. The molecule has 0 atom stereocenters. The Bertz CT molecular complexity index is 506. The van der Waals surface area contributed by atoms with Crippen LogP contribution in [0.1, 0.15) is 26.5 Å². The zero-order valence-corrected chi connectivity index (χ0v) is 11.3. The molecule has 0 saturated heterocycles. The van der Waals surface area contributed by atoms with Crippen molar-refractivity contribution in [2.45, 2.75) is 33.5 Å². The molecule has 0 aliphatic carbocycles. The van der Waals surface area contributed by atoms with E-state index in [1.165, 1.54) is 13.8 Å². The topological polar surface area (TPSA) is 61.2 Å². The number of ether oxygens (including phenoxy) is 1. The lowest BCUT2D eigenvalue weighted by atomic mass is 9.88. The van der Waals surface area contributed by atoms with Crippen molar-refractivity contribution in [1.82, 2.24) is 9.78 Å². The second kappa shape index (κ2) is 5.64. The summed E-state index contributed by atoms with van der Waals surface area (Å²) >= 11 is 0. The maximum atomic E-state index is 12.4. The van der Waals surface area contributed by atoms with E-state index < -0.39 is 35.6 Å². The van der Waals surface area contributed by atoms with E-state index >= 15 is 0 Å². The lowest BCUT2D eigenvalue weighted by Crippen LogP contribution is -2.37. The summed E-state index contributed by atoms with van der Waals surface area (Å²) in [5.41, 5.74) is -2.51. The Morgan fingerprint density at radius 3 is 2.40 bits per heavy atom. The summed E-state index contributed by atoms with van der Waals surface area (Å²) in [6.45, 7) is 4.02. The van der Waals surface area contributed by atoms with Gasteiger partial charge in [0, 0.05) is 6.20 Å². The van der Waals surface area contributed by atoms with E-state index in [1.54, 1.807) is 6.92 Å². The van der Waals surface area contributed by atoms with Crippen molar-refractivity contribution in [2.24, 2.45) is 5.41 Å². The fourth-order valence-corrected chi connectivity index (χ4v) is 1.37. The predicted octanol–water partition coefficient (Wildman–Crippen LogP) is 2.06. The Kier molecular flexibility index (Phi) is 4.57. The van der Waals surface area contributed by atoms with Gasteiger partial charge in [-0.3, -0.25) is 14.3 Å². The number of carbonyl (C=O) groups is 2. The molecule has 5 nitrogen and oxygen atoms in total. The lowest BCUT2D eigenvalue weighted by molar-refractivity contribution is -0.158. The Hall–Kier alpha value is -1.86. The van der Waals surface area contributed by atoms with E-state index in [9.17, 15) is 22.8 Å². The average molecular weight is 292 g/mol. The molecule has 0 radical (unpaired) electrons. The zero-order chi connectivity index (χ0) is 15.6. The standard InChI is InChI=1S/C12H15F3N2O3/c1-4-20-10(19)11(2,3)9(18)7-17-6-5-8(16-17)12(13,14)15/h5-6H,4,7H2,1-3H3. The van der Waals surface area contributed by atoms with Crippen LogP contribution in [-0.2, 0) is 27.0 Å². The number of halogens is 3. The van der Waals surface area contributed by atoms with Crippen LogP contribution >= 0.6 is 0 Å². The van der Waals surface area contributed by atoms with Crippen LogP contribution in [0.4, 0.5) is 13.2 Å². The van der Waals surface area contributed by atoms with Crippen LogP contribution in [0.3, 0.4) is 0 Å². The molecule has 0 fully saturated rings. The van der Waals surface area contributed by atoms with Gasteiger partial charge in [-0.25, -0.2) is 0 Å². The number of Topliss-reactive ketones (excluding diaryl/α,β-unsaturated/α-hetero) is 1. The van der Waals surface area contributed by atoms with Gasteiger partial charge in [0.1, 0.15) is 12.0 Å². The summed E-state index contributed by atoms with van der Waals surface area (Å²) < 4.78 is 42.7. The molecule has 1 heterocycles. The predicted molar refractivity (Wildman–Crippen MR) is 62.7 cm³/mol. The van der Waals surface area contributed by atoms with Crippen LogP contribution in [0, 0.1) is 5.41 Å². The molecule has 0 aliphatic rings. The third-order valence-electron chi connectivity index (χ3n) is 2.72. The second-order valence-electron chi connectivity index (χ2n) is 4.66. The van der Waals surface area contributed by atoms with E-state index in [0.717, 1.165) is 16.9 Å². The van der Waals surface area contributed by atoms with Crippen molar-refractivity contribution in [3.05, 3.63) is 18.0 Å². The highest BCUT2D eigenvalue weighted by Gasteiger charge is 2.38. The summed E-state index contributed by atoms with van der Waals surface area (Å²) in [5.74, 6) is -1.29. The van der Waals surface area contributed by atoms with Crippen molar-refractivity contribution >= 4 is 11.8 Å². The van der Waals surface area contributed by atoms with Crippen LogP contribution in [0.2, 0.25) is 0 Å². The number of ketones is 1. The van der Waals surface area contributed by atoms with E-state index in [4.69, 9.17) is 4.74 Å². The Labute approximate surface area is 113 Å².